The Morgan fingerprint density at radius 1 is 1.36 bits per heavy atom. The number of fused-ring (bicyclic) bond motifs is 1. The van der Waals surface area contributed by atoms with Gasteiger partial charge < -0.3 is 5.73 Å². The molecule has 0 aliphatic carbocycles. The maximum absolute atomic E-state index is 5.40. The van der Waals surface area contributed by atoms with Crippen LogP contribution in [0.1, 0.15) is 11.4 Å². The molecule has 0 unspecified atom stereocenters. The van der Waals surface area contributed by atoms with Gasteiger partial charge in [-0.1, -0.05) is 18.2 Å². The van der Waals surface area contributed by atoms with Crippen LogP contribution < -0.4 is 5.73 Å². The summed E-state index contributed by atoms with van der Waals surface area (Å²) in [5, 5.41) is 1.06. The number of rotatable bonds is 3. The van der Waals surface area contributed by atoms with E-state index in [1.54, 1.807) is 11.3 Å². The second kappa shape index (κ2) is 4.35. The fourth-order valence-electron chi connectivity index (χ4n) is 1.24. The fraction of sp³-hybridized carbons (Fsp3) is 0.182. The first-order valence-electron chi connectivity index (χ1n) is 4.62. The fourth-order valence-corrected chi connectivity index (χ4v) is 2.14. The van der Waals surface area contributed by atoms with Gasteiger partial charge in [-0.3, -0.25) is 0 Å². The molecule has 2 nitrogen and oxygen atoms in total. The van der Waals surface area contributed by atoms with Crippen molar-refractivity contribution in [2.75, 3.05) is 6.54 Å². The van der Waals surface area contributed by atoms with Gasteiger partial charge in [-0.25, -0.2) is 4.98 Å². The number of aromatic nitrogens is 1. The van der Waals surface area contributed by atoms with E-state index in [0.717, 1.165) is 16.9 Å². The van der Waals surface area contributed by atoms with Gasteiger partial charge in [-0.2, -0.15) is 0 Å². The van der Waals surface area contributed by atoms with Gasteiger partial charge >= 0.3 is 0 Å². The zero-order valence-electron chi connectivity index (χ0n) is 7.81. The van der Waals surface area contributed by atoms with Crippen LogP contribution in [0, 0.1) is 0 Å². The third kappa shape index (κ3) is 2.00. The van der Waals surface area contributed by atoms with E-state index in [2.05, 4.69) is 17.1 Å². The third-order valence-electron chi connectivity index (χ3n) is 1.90. The van der Waals surface area contributed by atoms with Gasteiger partial charge in [0.15, 0.2) is 0 Å². The average molecular weight is 204 g/mol. The van der Waals surface area contributed by atoms with Crippen LogP contribution >= 0.6 is 11.3 Å². The highest BCUT2D eigenvalue weighted by Crippen LogP contribution is 2.22. The minimum atomic E-state index is 0.696. The predicted molar refractivity (Wildman–Crippen MR) is 62.3 cm³/mol. The van der Waals surface area contributed by atoms with Crippen LogP contribution in [0.3, 0.4) is 0 Å². The van der Waals surface area contributed by atoms with Crippen molar-refractivity contribution in [1.82, 2.24) is 4.98 Å². The highest BCUT2D eigenvalue weighted by atomic mass is 32.1. The Bertz CT molecular complexity index is 412. The van der Waals surface area contributed by atoms with Crippen molar-refractivity contribution < 1.29 is 0 Å². The van der Waals surface area contributed by atoms with Crippen LogP contribution in [0.15, 0.2) is 30.3 Å². The van der Waals surface area contributed by atoms with Crippen molar-refractivity contribution in [1.29, 1.82) is 0 Å². The number of hydrogen-bond donors (Lipinski definition) is 1. The summed E-state index contributed by atoms with van der Waals surface area (Å²) >= 11 is 1.71. The molecule has 0 saturated heterocycles. The van der Waals surface area contributed by atoms with Crippen LogP contribution in [-0.4, -0.2) is 11.5 Å². The van der Waals surface area contributed by atoms with E-state index < -0.39 is 0 Å². The molecule has 1 aromatic carbocycles. The Kier molecular flexibility index (Phi) is 2.91. The topological polar surface area (TPSA) is 38.9 Å². The number of nitrogens with zero attached hydrogens (tertiary/aromatic N) is 1. The van der Waals surface area contributed by atoms with E-state index in [1.807, 2.05) is 24.3 Å². The molecule has 1 aromatic heterocycles. The zero-order valence-corrected chi connectivity index (χ0v) is 8.63. The highest BCUT2D eigenvalue weighted by Gasteiger charge is 1.98. The van der Waals surface area contributed by atoms with Crippen molar-refractivity contribution in [3.8, 4) is 0 Å². The number of para-hydroxylation sites is 1. The SMILES string of the molecule is NCCC=Cc1nc2ccccc2s1. The molecule has 72 valence electrons. The van der Waals surface area contributed by atoms with Crippen molar-refractivity contribution in [2.45, 2.75) is 6.42 Å². The monoisotopic (exact) mass is 204 g/mol. The van der Waals surface area contributed by atoms with E-state index >= 15 is 0 Å². The molecule has 2 rings (SSSR count). The normalized spacial score (nSPS) is 11.5. The van der Waals surface area contributed by atoms with Crippen molar-refractivity contribution in [2.24, 2.45) is 5.73 Å². The molecule has 0 aliphatic rings. The van der Waals surface area contributed by atoms with E-state index in [-0.39, 0.29) is 0 Å². The summed E-state index contributed by atoms with van der Waals surface area (Å²) in [7, 11) is 0. The maximum Gasteiger partial charge on any atom is 0.117 e. The van der Waals surface area contributed by atoms with E-state index in [9.17, 15) is 0 Å². The van der Waals surface area contributed by atoms with Gasteiger partial charge in [-0.05, 0) is 31.2 Å². The Morgan fingerprint density at radius 3 is 3.00 bits per heavy atom. The lowest BCUT2D eigenvalue weighted by Gasteiger charge is -1.82. The average Bonchev–Trinajstić information content (AvgIpc) is 2.60. The minimum Gasteiger partial charge on any atom is -0.330 e. The van der Waals surface area contributed by atoms with Gasteiger partial charge in [0.2, 0.25) is 0 Å². The summed E-state index contributed by atoms with van der Waals surface area (Å²) in [6.45, 7) is 0.696. The summed E-state index contributed by atoms with van der Waals surface area (Å²) in [5.74, 6) is 0. The van der Waals surface area contributed by atoms with Crippen molar-refractivity contribution >= 4 is 27.6 Å². The molecular formula is C11H12N2S. The van der Waals surface area contributed by atoms with Crippen molar-refractivity contribution in [3.05, 3.63) is 35.3 Å². The second-order valence-corrected chi connectivity index (χ2v) is 4.06. The molecular weight excluding hydrogens is 192 g/mol. The summed E-state index contributed by atoms with van der Waals surface area (Å²) in [6, 6.07) is 8.17. The molecule has 0 radical (unpaired) electrons. The van der Waals surface area contributed by atoms with E-state index in [4.69, 9.17) is 5.73 Å². The first-order valence-corrected chi connectivity index (χ1v) is 5.44. The number of thiazole rings is 1. The third-order valence-corrected chi connectivity index (χ3v) is 2.91. The molecule has 0 amide bonds. The van der Waals surface area contributed by atoms with Gasteiger partial charge in [0.05, 0.1) is 10.2 Å². The van der Waals surface area contributed by atoms with E-state index in [1.165, 1.54) is 4.70 Å². The van der Waals surface area contributed by atoms with Crippen LogP contribution in [0.25, 0.3) is 16.3 Å². The summed E-state index contributed by atoms with van der Waals surface area (Å²) in [4.78, 5) is 4.48. The Balaban J connectivity index is 2.27. The standard InChI is InChI=1S/C11H12N2S/c12-8-4-3-7-11-13-9-5-1-2-6-10(9)14-11/h1-3,5-7H,4,8,12H2. The Labute approximate surface area is 87.1 Å². The predicted octanol–water partition coefficient (Wildman–Crippen LogP) is 2.66. The smallest absolute Gasteiger partial charge is 0.117 e. The second-order valence-electron chi connectivity index (χ2n) is 3.00. The van der Waals surface area contributed by atoms with Crippen LogP contribution in [-0.2, 0) is 0 Å². The van der Waals surface area contributed by atoms with Gasteiger partial charge in [0, 0.05) is 0 Å². The largest absolute Gasteiger partial charge is 0.330 e. The summed E-state index contributed by atoms with van der Waals surface area (Å²) in [6.07, 6.45) is 5.02. The molecule has 0 aliphatic heterocycles. The zero-order chi connectivity index (χ0) is 9.80. The van der Waals surface area contributed by atoms with Gasteiger partial charge in [-0.15, -0.1) is 11.3 Å². The molecule has 3 heteroatoms. The summed E-state index contributed by atoms with van der Waals surface area (Å²) < 4.78 is 1.24. The number of nitrogens with two attached hydrogens (primary N) is 1. The molecule has 2 aromatic rings. The van der Waals surface area contributed by atoms with E-state index in [0.29, 0.717) is 6.54 Å². The lowest BCUT2D eigenvalue weighted by Crippen LogP contribution is -1.94. The maximum atomic E-state index is 5.40. The molecule has 0 fully saturated rings. The Hall–Kier alpha value is -1.19. The van der Waals surface area contributed by atoms with Crippen LogP contribution in [0.5, 0.6) is 0 Å². The highest BCUT2D eigenvalue weighted by molar-refractivity contribution is 7.19. The molecule has 14 heavy (non-hydrogen) atoms. The first kappa shape index (κ1) is 9.37. The molecule has 0 atom stereocenters. The minimum absolute atomic E-state index is 0.696. The molecule has 0 bridgehead atoms. The lowest BCUT2D eigenvalue weighted by molar-refractivity contribution is 1.01. The Morgan fingerprint density at radius 2 is 2.21 bits per heavy atom. The molecule has 0 saturated carbocycles. The quantitative estimate of drug-likeness (QED) is 0.834. The van der Waals surface area contributed by atoms with Gasteiger partial charge in [0.1, 0.15) is 5.01 Å². The number of benzene rings is 1. The van der Waals surface area contributed by atoms with Gasteiger partial charge in [0.25, 0.3) is 0 Å². The molecule has 0 spiro atoms. The van der Waals surface area contributed by atoms with Crippen LogP contribution in [0.2, 0.25) is 0 Å². The first-order chi connectivity index (χ1) is 6.90. The summed E-state index contributed by atoms with van der Waals surface area (Å²) in [5.41, 5.74) is 6.47. The molecule has 2 N–H and O–H groups in total. The molecule has 1 heterocycles. The van der Waals surface area contributed by atoms with Crippen LogP contribution in [0.4, 0.5) is 0 Å². The lowest BCUT2D eigenvalue weighted by atomic mass is 10.3. The number of hydrogen-bond acceptors (Lipinski definition) is 3. The van der Waals surface area contributed by atoms with Crippen molar-refractivity contribution in [3.63, 3.8) is 0 Å².